The van der Waals surface area contributed by atoms with Crippen molar-refractivity contribution in [2.45, 2.75) is 19.4 Å². The molecular weight excluding hydrogens is 278 g/mol. The van der Waals surface area contributed by atoms with Gasteiger partial charge in [0.25, 0.3) is 0 Å². The third-order valence-corrected chi connectivity index (χ3v) is 3.18. The zero-order valence-corrected chi connectivity index (χ0v) is 12.4. The van der Waals surface area contributed by atoms with Gasteiger partial charge in [-0.05, 0) is 28.8 Å². The van der Waals surface area contributed by atoms with E-state index in [1.54, 1.807) is 7.11 Å². The molecule has 0 heterocycles. The van der Waals surface area contributed by atoms with Crippen molar-refractivity contribution >= 4 is 5.97 Å². The van der Waals surface area contributed by atoms with Crippen LogP contribution in [0.2, 0.25) is 0 Å². The van der Waals surface area contributed by atoms with Gasteiger partial charge in [0.05, 0.1) is 26.0 Å². The van der Waals surface area contributed by atoms with Crippen molar-refractivity contribution in [1.29, 1.82) is 5.26 Å². The van der Waals surface area contributed by atoms with Crippen molar-refractivity contribution in [3.05, 3.63) is 65.2 Å². The molecule has 2 rings (SSSR count). The summed E-state index contributed by atoms with van der Waals surface area (Å²) in [5, 5.41) is 8.69. The van der Waals surface area contributed by atoms with Crippen molar-refractivity contribution < 1.29 is 14.3 Å². The van der Waals surface area contributed by atoms with Gasteiger partial charge in [-0.2, -0.15) is 5.26 Å². The van der Waals surface area contributed by atoms with Gasteiger partial charge in [0.2, 0.25) is 0 Å². The van der Waals surface area contributed by atoms with Crippen molar-refractivity contribution in [3.63, 3.8) is 0 Å². The van der Waals surface area contributed by atoms with Gasteiger partial charge in [0, 0.05) is 0 Å². The lowest BCUT2D eigenvalue weighted by Crippen LogP contribution is -2.08. The summed E-state index contributed by atoms with van der Waals surface area (Å²) in [6.45, 7) is 0.237. The Balaban J connectivity index is 1.87. The predicted octanol–water partition coefficient (Wildman–Crippen LogP) is 3.05. The maximum Gasteiger partial charge on any atom is 0.310 e. The molecule has 0 unspecified atom stereocenters. The highest BCUT2D eigenvalue weighted by atomic mass is 16.5. The molecule has 2 aromatic carbocycles. The fraction of sp³-hybridized carbons (Fsp3) is 0.222. The Bertz CT molecular complexity index is 671. The van der Waals surface area contributed by atoms with E-state index in [9.17, 15) is 4.79 Å². The summed E-state index contributed by atoms with van der Waals surface area (Å²) in [7, 11) is 1.61. The van der Waals surface area contributed by atoms with Crippen LogP contribution in [0.25, 0.3) is 0 Å². The van der Waals surface area contributed by atoms with Crippen LogP contribution in [0.1, 0.15) is 16.7 Å². The molecule has 4 heteroatoms. The van der Waals surface area contributed by atoms with Crippen LogP contribution in [-0.4, -0.2) is 13.1 Å². The van der Waals surface area contributed by atoms with Crippen molar-refractivity contribution in [1.82, 2.24) is 0 Å². The van der Waals surface area contributed by atoms with Gasteiger partial charge in [-0.25, -0.2) is 0 Å². The smallest absolute Gasteiger partial charge is 0.310 e. The van der Waals surface area contributed by atoms with E-state index in [2.05, 4.69) is 6.07 Å². The first-order valence-corrected chi connectivity index (χ1v) is 6.94. The number of carbonyl (C=O) groups excluding carboxylic acids is 1. The molecule has 4 nitrogen and oxygen atoms in total. The van der Waals surface area contributed by atoms with Crippen LogP contribution in [0.15, 0.2) is 48.5 Å². The number of nitriles is 1. The molecule has 0 aliphatic carbocycles. The highest BCUT2D eigenvalue weighted by molar-refractivity contribution is 5.72. The standard InChI is InChI=1S/C18H17NO3/c1-21-17-7-5-15(6-8-17)13-22-18(20)12-16-4-2-3-14(11-16)9-10-19/h2-8,11H,9,12-13H2,1H3. The quantitative estimate of drug-likeness (QED) is 0.769. The van der Waals surface area contributed by atoms with Gasteiger partial charge in [0.1, 0.15) is 12.4 Å². The summed E-state index contributed by atoms with van der Waals surface area (Å²) < 4.78 is 10.3. The number of esters is 1. The van der Waals surface area contributed by atoms with Gasteiger partial charge < -0.3 is 9.47 Å². The first-order valence-electron chi connectivity index (χ1n) is 6.94. The predicted molar refractivity (Wildman–Crippen MR) is 82.3 cm³/mol. The molecule has 112 valence electrons. The summed E-state index contributed by atoms with van der Waals surface area (Å²) in [5.74, 6) is 0.481. The maximum atomic E-state index is 11.9. The summed E-state index contributed by atoms with van der Waals surface area (Å²) >= 11 is 0. The number of ether oxygens (including phenoxy) is 2. The largest absolute Gasteiger partial charge is 0.497 e. The summed E-state index contributed by atoms with van der Waals surface area (Å²) in [6.07, 6.45) is 0.546. The van der Waals surface area contributed by atoms with Crippen molar-refractivity contribution in [2.75, 3.05) is 7.11 Å². The molecule has 0 atom stereocenters. The van der Waals surface area contributed by atoms with Crippen molar-refractivity contribution in [3.8, 4) is 11.8 Å². The number of hydrogen-bond donors (Lipinski definition) is 0. The van der Waals surface area contributed by atoms with Crippen molar-refractivity contribution in [2.24, 2.45) is 0 Å². The van der Waals surface area contributed by atoms with Gasteiger partial charge in [-0.3, -0.25) is 4.79 Å². The lowest BCUT2D eigenvalue weighted by molar-refractivity contribution is -0.144. The minimum absolute atomic E-state index is 0.204. The fourth-order valence-electron chi connectivity index (χ4n) is 2.04. The van der Waals surface area contributed by atoms with Crippen LogP contribution in [-0.2, 0) is 29.0 Å². The number of hydrogen-bond acceptors (Lipinski definition) is 4. The Morgan fingerprint density at radius 3 is 2.50 bits per heavy atom. The summed E-state index contributed by atoms with van der Waals surface area (Å²) in [5.41, 5.74) is 2.67. The third kappa shape index (κ3) is 4.64. The zero-order chi connectivity index (χ0) is 15.8. The van der Waals surface area contributed by atoms with E-state index in [1.807, 2.05) is 48.5 Å². The van der Waals surface area contributed by atoms with Crippen LogP contribution < -0.4 is 4.74 Å². The first kappa shape index (κ1) is 15.6. The van der Waals surface area contributed by atoms with Gasteiger partial charge in [-0.15, -0.1) is 0 Å². The van der Waals surface area contributed by atoms with Gasteiger partial charge in [0.15, 0.2) is 0 Å². The van der Waals surface area contributed by atoms with Crippen LogP contribution in [0.5, 0.6) is 5.75 Å². The molecule has 0 saturated heterocycles. The molecule has 22 heavy (non-hydrogen) atoms. The Morgan fingerprint density at radius 1 is 1.09 bits per heavy atom. The van der Waals surface area contributed by atoms with E-state index < -0.39 is 0 Å². The van der Waals surface area contributed by atoms with E-state index in [0.29, 0.717) is 6.42 Å². The monoisotopic (exact) mass is 295 g/mol. The molecule has 0 spiro atoms. The van der Waals surface area contributed by atoms with E-state index in [1.165, 1.54) is 0 Å². The van der Waals surface area contributed by atoms with E-state index in [-0.39, 0.29) is 19.0 Å². The Kier molecular flexibility index (Phi) is 5.56. The second-order valence-corrected chi connectivity index (χ2v) is 4.84. The second kappa shape index (κ2) is 7.84. The molecule has 0 saturated carbocycles. The second-order valence-electron chi connectivity index (χ2n) is 4.84. The van der Waals surface area contributed by atoms with E-state index >= 15 is 0 Å². The molecule has 0 amide bonds. The Labute approximate surface area is 129 Å². The van der Waals surface area contributed by atoms with Gasteiger partial charge >= 0.3 is 5.97 Å². The number of carbonyl (C=O) groups is 1. The molecule has 0 radical (unpaired) electrons. The van der Waals surface area contributed by atoms with Crippen LogP contribution >= 0.6 is 0 Å². The third-order valence-electron chi connectivity index (χ3n) is 3.18. The van der Waals surface area contributed by atoms with E-state index in [4.69, 9.17) is 14.7 Å². The van der Waals surface area contributed by atoms with Crippen LogP contribution in [0.4, 0.5) is 0 Å². The highest BCUT2D eigenvalue weighted by Gasteiger charge is 2.06. The molecule has 0 aromatic heterocycles. The summed E-state index contributed by atoms with van der Waals surface area (Å²) in [4.78, 5) is 11.9. The highest BCUT2D eigenvalue weighted by Crippen LogP contribution is 2.13. The molecule has 0 fully saturated rings. The average Bonchev–Trinajstić information content (AvgIpc) is 2.54. The minimum Gasteiger partial charge on any atom is -0.497 e. The Hall–Kier alpha value is -2.80. The van der Waals surface area contributed by atoms with Gasteiger partial charge in [-0.1, -0.05) is 36.4 Å². The minimum atomic E-state index is -0.287. The average molecular weight is 295 g/mol. The zero-order valence-electron chi connectivity index (χ0n) is 12.4. The molecular formula is C18H17NO3. The Morgan fingerprint density at radius 2 is 1.82 bits per heavy atom. The summed E-state index contributed by atoms with van der Waals surface area (Å²) in [6, 6.07) is 16.9. The fourth-order valence-corrected chi connectivity index (χ4v) is 2.04. The molecule has 0 aliphatic rings. The number of methoxy groups -OCH3 is 1. The van der Waals surface area contributed by atoms with Crippen LogP contribution in [0, 0.1) is 11.3 Å². The molecule has 2 aromatic rings. The molecule has 0 aliphatic heterocycles. The van der Waals surface area contributed by atoms with E-state index in [0.717, 1.165) is 22.4 Å². The number of benzene rings is 2. The first-order chi connectivity index (χ1) is 10.7. The molecule has 0 N–H and O–H groups in total. The topological polar surface area (TPSA) is 59.3 Å². The SMILES string of the molecule is COc1ccc(COC(=O)Cc2cccc(CC#N)c2)cc1. The van der Waals surface area contributed by atoms with Crippen LogP contribution in [0.3, 0.4) is 0 Å². The molecule has 0 bridgehead atoms. The maximum absolute atomic E-state index is 11.9. The normalized spacial score (nSPS) is 9.82. The lowest BCUT2D eigenvalue weighted by Gasteiger charge is -2.07. The number of nitrogens with zero attached hydrogens (tertiary/aromatic N) is 1. The lowest BCUT2D eigenvalue weighted by atomic mass is 10.1. The number of rotatable bonds is 6.